The number of nitrogens with one attached hydrogen (secondary N) is 1. The summed E-state index contributed by atoms with van der Waals surface area (Å²) in [5.74, 6) is -1.56. The van der Waals surface area contributed by atoms with Gasteiger partial charge in [0.1, 0.15) is 6.04 Å². The van der Waals surface area contributed by atoms with Crippen molar-refractivity contribution in [1.82, 2.24) is 10.3 Å². The van der Waals surface area contributed by atoms with Crippen molar-refractivity contribution < 1.29 is 14.7 Å². The van der Waals surface area contributed by atoms with Crippen LogP contribution >= 0.6 is 11.3 Å². The van der Waals surface area contributed by atoms with Crippen LogP contribution in [0, 0.1) is 0 Å². The molecule has 0 fully saturated rings. The molecule has 0 saturated carbocycles. The third-order valence-electron chi connectivity index (χ3n) is 2.29. The highest BCUT2D eigenvalue weighted by molar-refractivity contribution is 7.20. The quantitative estimate of drug-likeness (QED) is 0.743. The molecule has 1 aromatic carbocycles. The topological polar surface area (TPSA) is 105 Å². The monoisotopic (exact) mass is 265 g/mol. The maximum Gasteiger partial charge on any atom is 0.322 e. The minimum atomic E-state index is -1.15. The van der Waals surface area contributed by atoms with Crippen molar-refractivity contribution in [3.8, 4) is 0 Å². The highest BCUT2D eigenvalue weighted by Gasteiger charge is 2.16. The predicted octanol–water partition coefficient (Wildman–Crippen LogP) is 0.438. The number of hydrogen-bond donors (Lipinski definition) is 3. The third kappa shape index (κ3) is 2.63. The number of benzene rings is 1. The zero-order valence-electron chi connectivity index (χ0n) is 9.29. The molecule has 6 nitrogen and oxygen atoms in total. The molecule has 2 rings (SSSR count). The summed E-state index contributed by atoms with van der Waals surface area (Å²) in [6.45, 7) is -0.121. The number of para-hydroxylation sites is 1. The molecule has 1 amide bonds. The molecule has 0 bridgehead atoms. The van der Waals surface area contributed by atoms with Crippen molar-refractivity contribution in [2.75, 3.05) is 6.54 Å². The van der Waals surface area contributed by atoms with E-state index in [9.17, 15) is 9.59 Å². The molecule has 7 heteroatoms. The van der Waals surface area contributed by atoms with Crippen LogP contribution in [0.5, 0.6) is 0 Å². The molecule has 0 spiro atoms. The molecule has 0 aliphatic carbocycles. The van der Waals surface area contributed by atoms with Gasteiger partial charge >= 0.3 is 5.97 Å². The number of thiazole rings is 1. The first-order valence-electron chi connectivity index (χ1n) is 5.20. The minimum absolute atomic E-state index is 0.121. The van der Waals surface area contributed by atoms with E-state index in [-0.39, 0.29) is 6.54 Å². The van der Waals surface area contributed by atoms with Gasteiger partial charge in [0.05, 0.1) is 10.2 Å². The lowest BCUT2D eigenvalue weighted by Gasteiger charge is -2.06. The summed E-state index contributed by atoms with van der Waals surface area (Å²) in [7, 11) is 0. The molecule has 0 aliphatic rings. The summed E-state index contributed by atoms with van der Waals surface area (Å²) in [5, 5.41) is 11.3. The molecule has 2 aromatic rings. The number of fused-ring (bicyclic) bond motifs is 1. The van der Waals surface area contributed by atoms with E-state index in [1.807, 2.05) is 24.3 Å². The number of rotatable bonds is 4. The molecule has 1 aromatic heterocycles. The van der Waals surface area contributed by atoms with Crippen molar-refractivity contribution in [2.45, 2.75) is 6.04 Å². The van der Waals surface area contributed by atoms with Gasteiger partial charge in [-0.2, -0.15) is 0 Å². The zero-order valence-corrected chi connectivity index (χ0v) is 10.1. The fourth-order valence-electron chi connectivity index (χ4n) is 1.33. The first-order chi connectivity index (χ1) is 8.58. The van der Waals surface area contributed by atoms with Gasteiger partial charge in [-0.25, -0.2) is 4.98 Å². The average Bonchev–Trinajstić information content (AvgIpc) is 2.79. The molecule has 1 heterocycles. The fraction of sp³-hybridized carbons (Fsp3) is 0.182. The van der Waals surface area contributed by atoms with Crippen LogP contribution in [0.3, 0.4) is 0 Å². The summed E-state index contributed by atoms with van der Waals surface area (Å²) in [4.78, 5) is 26.4. The van der Waals surface area contributed by atoms with Gasteiger partial charge in [-0.3, -0.25) is 9.59 Å². The van der Waals surface area contributed by atoms with Gasteiger partial charge in [-0.15, -0.1) is 11.3 Å². The van der Waals surface area contributed by atoms with Crippen molar-refractivity contribution in [3.63, 3.8) is 0 Å². The number of nitrogens with zero attached hydrogens (tertiary/aromatic N) is 1. The largest absolute Gasteiger partial charge is 0.480 e. The Morgan fingerprint density at radius 3 is 2.83 bits per heavy atom. The van der Waals surface area contributed by atoms with Gasteiger partial charge in [0.2, 0.25) is 0 Å². The Labute approximate surface area is 106 Å². The summed E-state index contributed by atoms with van der Waals surface area (Å²) in [6.07, 6.45) is 0. The first kappa shape index (κ1) is 12.5. The normalized spacial score (nSPS) is 12.3. The molecule has 0 saturated heterocycles. The van der Waals surface area contributed by atoms with Crippen molar-refractivity contribution in [1.29, 1.82) is 0 Å². The second-order valence-corrected chi connectivity index (χ2v) is 4.67. The Hall–Kier alpha value is -1.99. The van der Waals surface area contributed by atoms with Crippen LogP contribution in [0.25, 0.3) is 10.2 Å². The SMILES string of the molecule is NC(CNC(=O)c1nc2ccccc2s1)C(=O)O. The van der Waals surface area contributed by atoms with Crippen LogP contribution in [0.4, 0.5) is 0 Å². The fourth-order valence-corrected chi connectivity index (χ4v) is 2.22. The van der Waals surface area contributed by atoms with Crippen LogP contribution in [0.15, 0.2) is 24.3 Å². The average molecular weight is 265 g/mol. The Kier molecular flexibility index (Phi) is 3.54. The number of carboxylic acids is 1. The number of aliphatic carboxylic acids is 1. The van der Waals surface area contributed by atoms with Crippen molar-refractivity contribution >= 4 is 33.4 Å². The van der Waals surface area contributed by atoms with Gasteiger partial charge in [-0.1, -0.05) is 12.1 Å². The Morgan fingerprint density at radius 1 is 1.44 bits per heavy atom. The Balaban J connectivity index is 2.07. The van der Waals surface area contributed by atoms with Crippen LogP contribution in [-0.2, 0) is 4.79 Å². The van der Waals surface area contributed by atoms with Gasteiger partial charge in [0.25, 0.3) is 5.91 Å². The number of carbonyl (C=O) groups excluding carboxylic acids is 1. The number of amides is 1. The van der Waals surface area contributed by atoms with E-state index in [0.29, 0.717) is 5.01 Å². The lowest BCUT2D eigenvalue weighted by molar-refractivity contribution is -0.138. The maximum atomic E-state index is 11.7. The van der Waals surface area contributed by atoms with E-state index >= 15 is 0 Å². The van der Waals surface area contributed by atoms with E-state index in [4.69, 9.17) is 10.8 Å². The second kappa shape index (κ2) is 5.11. The van der Waals surface area contributed by atoms with E-state index in [1.54, 1.807) is 0 Å². The highest BCUT2D eigenvalue weighted by Crippen LogP contribution is 2.21. The van der Waals surface area contributed by atoms with Crippen LogP contribution in [0.1, 0.15) is 9.80 Å². The Morgan fingerprint density at radius 2 is 2.17 bits per heavy atom. The lowest BCUT2D eigenvalue weighted by Crippen LogP contribution is -2.42. The molecule has 1 atom stereocenters. The molecule has 0 aliphatic heterocycles. The summed E-state index contributed by atoms with van der Waals surface area (Å²) in [5.41, 5.74) is 6.03. The predicted molar refractivity (Wildman–Crippen MR) is 67.6 cm³/mol. The standard InChI is InChI=1S/C11H11N3O3S/c12-6(11(16)17)5-13-9(15)10-14-7-3-1-2-4-8(7)18-10/h1-4,6H,5,12H2,(H,13,15)(H,16,17). The summed E-state index contributed by atoms with van der Waals surface area (Å²) < 4.78 is 0.908. The number of hydrogen-bond acceptors (Lipinski definition) is 5. The van der Waals surface area contributed by atoms with Gasteiger partial charge in [0.15, 0.2) is 5.01 Å². The van der Waals surface area contributed by atoms with E-state index in [2.05, 4.69) is 10.3 Å². The van der Waals surface area contributed by atoms with E-state index in [1.165, 1.54) is 11.3 Å². The van der Waals surface area contributed by atoms with Gasteiger partial charge in [0, 0.05) is 6.54 Å². The molecule has 94 valence electrons. The number of carboxylic acid groups (broad SMARTS) is 1. The summed E-state index contributed by atoms with van der Waals surface area (Å²) in [6, 6.07) is 6.27. The molecular weight excluding hydrogens is 254 g/mol. The molecule has 0 radical (unpaired) electrons. The van der Waals surface area contributed by atoms with Crippen molar-refractivity contribution in [3.05, 3.63) is 29.3 Å². The van der Waals surface area contributed by atoms with Crippen LogP contribution < -0.4 is 11.1 Å². The molecule has 4 N–H and O–H groups in total. The van der Waals surface area contributed by atoms with E-state index < -0.39 is 17.9 Å². The number of carbonyl (C=O) groups is 2. The van der Waals surface area contributed by atoms with Gasteiger partial charge in [-0.05, 0) is 12.1 Å². The first-order valence-corrected chi connectivity index (χ1v) is 6.01. The zero-order chi connectivity index (χ0) is 13.1. The van der Waals surface area contributed by atoms with Gasteiger partial charge < -0.3 is 16.2 Å². The highest BCUT2D eigenvalue weighted by atomic mass is 32.1. The smallest absolute Gasteiger partial charge is 0.322 e. The molecular formula is C11H11N3O3S. The van der Waals surface area contributed by atoms with E-state index in [0.717, 1.165) is 10.2 Å². The molecule has 1 unspecified atom stereocenters. The van der Waals surface area contributed by atoms with Crippen LogP contribution in [0.2, 0.25) is 0 Å². The number of aromatic nitrogens is 1. The third-order valence-corrected chi connectivity index (χ3v) is 3.32. The lowest BCUT2D eigenvalue weighted by atomic mass is 10.3. The minimum Gasteiger partial charge on any atom is -0.480 e. The second-order valence-electron chi connectivity index (χ2n) is 3.64. The molecule has 18 heavy (non-hydrogen) atoms. The number of nitrogens with two attached hydrogens (primary N) is 1. The van der Waals surface area contributed by atoms with Crippen molar-refractivity contribution in [2.24, 2.45) is 5.73 Å². The Bertz CT molecular complexity index is 563. The maximum absolute atomic E-state index is 11.7. The van der Waals surface area contributed by atoms with Crippen LogP contribution in [-0.4, -0.2) is 34.6 Å². The summed E-state index contributed by atoms with van der Waals surface area (Å²) >= 11 is 1.25.